The van der Waals surface area contributed by atoms with Crippen LogP contribution in [0.3, 0.4) is 0 Å². The van der Waals surface area contributed by atoms with Gasteiger partial charge in [-0.2, -0.15) is 18.3 Å². The molecule has 2 N–H and O–H groups in total. The van der Waals surface area contributed by atoms with Gasteiger partial charge in [0.2, 0.25) is 0 Å². The molecule has 1 aromatic carbocycles. The van der Waals surface area contributed by atoms with Crippen molar-refractivity contribution in [3.8, 4) is 5.75 Å². The summed E-state index contributed by atoms with van der Waals surface area (Å²) in [6.45, 7) is 6.07. The number of carboxylic acid groups (broad SMARTS) is 1. The topological polar surface area (TPSA) is 122 Å². The molecule has 0 bridgehead atoms. The van der Waals surface area contributed by atoms with Gasteiger partial charge in [0.1, 0.15) is 25.0 Å². The maximum atomic E-state index is 13.1. The van der Waals surface area contributed by atoms with Crippen molar-refractivity contribution in [1.82, 2.24) is 24.6 Å². The molecule has 0 atom stereocenters. The quantitative estimate of drug-likeness (QED) is 0.369. The van der Waals surface area contributed by atoms with Crippen LogP contribution in [0, 0.1) is 0 Å². The number of anilines is 1. The van der Waals surface area contributed by atoms with Crippen molar-refractivity contribution < 1.29 is 32.6 Å². The number of carbonyl (C=O) groups is 2. The van der Waals surface area contributed by atoms with Gasteiger partial charge in [0.15, 0.2) is 0 Å². The molecule has 10 nitrogen and oxygen atoms in total. The second kappa shape index (κ2) is 14.0. The molecule has 0 saturated heterocycles. The highest BCUT2D eigenvalue weighted by atomic mass is 35.5. The smallest absolute Gasteiger partial charge is 0.490 e. The minimum atomic E-state index is -5.08. The first-order valence-corrected chi connectivity index (χ1v) is 11.4. The number of carboxylic acids is 1. The average molecular weight is 543 g/mol. The molecule has 0 unspecified atom stereocenters. The van der Waals surface area contributed by atoms with Crippen LogP contribution in [0.25, 0.3) is 0 Å². The van der Waals surface area contributed by atoms with E-state index in [9.17, 15) is 18.0 Å². The van der Waals surface area contributed by atoms with Crippen LogP contribution in [0.15, 0.2) is 55.4 Å². The Kier molecular flexibility index (Phi) is 11.1. The van der Waals surface area contributed by atoms with Crippen LogP contribution >= 0.6 is 11.6 Å². The minimum absolute atomic E-state index is 0.0222. The maximum Gasteiger partial charge on any atom is 0.490 e. The molecule has 14 heteroatoms. The highest BCUT2D eigenvalue weighted by Crippen LogP contribution is 2.23. The monoisotopic (exact) mass is 542 g/mol. The van der Waals surface area contributed by atoms with Gasteiger partial charge in [-0.3, -0.25) is 14.5 Å². The SMILES string of the molecule is CC(C)N(CCn1cncn1)C(=O)c1cc(Cl)cc(OCCNc2ccncc2)c1.O=C(O)C(F)(F)F. The molecule has 3 aromatic rings. The first-order valence-electron chi connectivity index (χ1n) is 11.0. The third-order valence-electron chi connectivity index (χ3n) is 4.66. The molecule has 0 fully saturated rings. The van der Waals surface area contributed by atoms with Gasteiger partial charge < -0.3 is 20.1 Å². The van der Waals surface area contributed by atoms with Crippen LogP contribution in [-0.4, -0.2) is 73.5 Å². The molecule has 1 amide bonds. The summed E-state index contributed by atoms with van der Waals surface area (Å²) in [6, 6.07) is 8.89. The Balaban J connectivity index is 0.000000604. The number of alkyl halides is 3. The first kappa shape index (κ1) is 29.4. The van der Waals surface area contributed by atoms with E-state index >= 15 is 0 Å². The predicted molar refractivity (Wildman–Crippen MR) is 130 cm³/mol. The van der Waals surface area contributed by atoms with Crippen molar-refractivity contribution in [2.45, 2.75) is 32.6 Å². The lowest BCUT2D eigenvalue weighted by Gasteiger charge is -2.27. The van der Waals surface area contributed by atoms with Crippen molar-refractivity contribution in [2.24, 2.45) is 0 Å². The Morgan fingerprint density at radius 2 is 1.86 bits per heavy atom. The highest BCUT2D eigenvalue weighted by molar-refractivity contribution is 6.31. The first-order chi connectivity index (χ1) is 17.5. The van der Waals surface area contributed by atoms with Gasteiger partial charge in [-0.05, 0) is 44.2 Å². The second-order valence-corrected chi connectivity index (χ2v) is 8.18. The van der Waals surface area contributed by atoms with E-state index in [2.05, 4.69) is 20.4 Å². The Hall–Kier alpha value is -3.87. The van der Waals surface area contributed by atoms with Crippen molar-refractivity contribution in [3.63, 3.8) is 0 Å². The Bertz CT molecular complexity index is 1130. The molecule has 2 aromatic heterocycles. The Labute approximate surface area is 216 Å². The molecule has 0 aliphatic rings. The third kappa shape index (κ3) is 10.3. The lowest BCUT2D eigenvalue weighted by atomic mass is 10.1. The van der Waals surface area contributed by atoms with Crippen LogP contribution < -0.4 is 10.1 Å². The van der Waals surface area contributed by atoms with E-state index in [1.807, 2.05) is 26.0 Å². The molecule has 2 heterocycles. The summed E-state index contributed by atoms with van der Waals surface area (Å²) >= 11 is 6.25. The van der Waals surface area contributed by atoms with Crippen LogP contribution in [-0.2, 0) is 11.3 Å². The standard InChI is InChI=1S/C21H25ClN6O2.C2HF3O2/c1-16(2)28(9-8-27-15-24-14-26-27)21(29)17-11-18(22)13-20(12-17)30-10-7-25-19-3-5-23-6-4-19;3-2(4,5)1(6)7/h3-6,11-16H,7-10H2,1-2H3,(H,23,25);(H,6,7). The molecule has 37 heavy (non-hydrogen) atoms. The summed E-state index contributed by atoms with van der Waals surface area (Å²) in [5.74, 6) is -2.30. The molecule has 0 aliphatic heterocycles. The number of aliphatic carboxylic acids is 1. The number of benzene rings is 1. The van der Waals surface area contributed by atoms with Crippen LogP contribution in [0.5, 0.6) is 5.75 Å². The van der Waals surface area contributed by atoms with Crippen molar-refractivity contribution >= 4 is 29.2 Å². The molecule has 0 saturated carbocycles. The highest BCUT2D eigenvalue weighted by Gasteiger charge is 2.38. The number of amides is 1. The van der Waals surface area contributed by atoms with E-state index in [1.165, 1.54) is 6.33 Å². The van der Waals surface area contributed by atoms with Crippen LogP contribution in [0.4, 0.5) is 18.9 Å². The van der Waals surface area contributed by atoms with E-state index in [0.717, 1.165) is 5.69 Å². The predicted octanol–water partition coefficient (Wildman–Crippen LogP) is 4.00. The average Bonchev–Trinajstić information content (AvgIpc) is 3.35. The van der Waals surface area contributed by atoms with Gasteiger partial charge in [-0.1, -0.05) is 11.6 Å². The lowest BCUT2D eigenvalue weighted by molar-refractivity contribution is -0.192. The van der Waals surface area contributed by atoms with E-state index in [-0.39, 0.29) is 11.9 Å². The van der Waals surface area contributed by atoms with E-state index in [4.69, 9.17) is 26.2 Å². The third-order valence-corrected chi connectivity index (χ3v) is 4.88. The van der Waals surface area contributed by atoms with Crippen LogP contribution in [0.1, 0.15) is 24.2 Å². The second-order valence-electron chi connectivity index (χ2n) is 7.74. The number of rotatable bonds is 10. The fourth-order valence-corrected chi connectivity index (χ4v) is 3.15. The van der Waals surface area contributed by atoms with Gasteiger partial charge in [-0.15, -0.1) is 0 Å². The number of ether oxygens (including phenoxy) is 1. The number of nitrogens with zero attached hydrogens (tertiary/aromatic N) is 5. The van der Waals surface area contributed by atoms with Gasteiger partial charge in [-0.25, -0.2) is 9.78 Å². The normalized spacial score (nSPS) is 10.9. The number of hydrogen-bond donors (Lipinski definition) is 2. The molecule has 0 aliphatic carbocycles. The number of pyridine rings is 1. The zero-order valence-corrected chi connectivity index (χ0v) is 20.8. The summed E-state index contributed by atoms with van der Waals surface area (Å²) in [5, 5.41) is 14.9. The minimum Gasteiger partial charge on any atom is -0.492 e. The summed E-state index contributed by atoms with van der Waals surface area (Å²) in [7, 11) is 0. The maximum absolute atomic E-state index is 13.1. The zero-order valence-electron chi connectivity index (χ0n) is 20.0. The van der Waals surface area contributed by atoms with Gasteiger partial charge in [0.25, 0.3) is 5.91 Å². The van der Waals surface area contributed by atoms with E-state index in [0.29, 0.717) is 42.6 Å². The summed E-state index contributed by atoms with van der Waals surface area (Å²) in [6.07, 6.45) is 1.47. The van der Waals surface area contributed by atoms with Crippen molar-refractivity contribution in [1.29, 1.82) is 0 Å². The number of halogens is 4. The van der Waals surface area contributed by atoms with Crippen LogP contribution in [0.2, 0.25) is 5.02 Å². The molecule has 0 spiro atoms. The molecular formula is C23H26ClF3N6O4. The number of hydrogen-bond acceptors (Lipinski definition) is 7. The Morgan fingerprint density at radius 1 is 1.19 bits per heavy atom. The summed E-state index contributed by atoms with van der Waals surface area (Å²) in [5.41, 5.74) is 1.46. The van der Waals surface area contributed by atoms with E-state index in [1.54, 1.807) is 46.5 Å². The van der Waals surface area contributed by atoms with Gasteiger partial charge in [0.05, 0.1) is 6.54 Å². The molecule has 3 rings (SSSR count). The van der Waals surface area contributed by atoms with Crippen molar-refractivity contribution in [3.05, 3.63) is 66.0 Å². The zero-order chi connectivity index (χ0) is 27.4. The van der Waals surface area contributed by atoms with E-state index < -0.39 is 12.1 Å². The number of aromatic nitrogens is 4. The number of nitrogens with one attached hydrogen (secondary N) is 1. The fraction of sp³-hybridized carbons (Fsp3) is 0.348. The van der Waals surface area contributed by atoms with Gasteiger partial charge >= 0.3 is 12.1 Å². The largest absolute Gasteiger partial charge is 0.492 e. The summed E-state index contributed by atoms with van der Waals surface area (Å²) in [4.78, 5) is 31.7. The molecule has 0 radical (unpaired) electrons. The number of carbonyl (C=O) groups excluding carboxylic acids is 1. The Morgan fingerprint density at radius 3 is 2.43 bits per heavy atom. The molecular weight excluding hydrogens is 517 g/mol. The molecule has 200 valence electrons. The summed E-state index contributed by atoms with van der Waals surface area (Å²) < 4.78 is 39.2. The lowest BCUT2D eigenvalue weighted by Crippen LogP contribution is -2.39. The fourth-order valence-electron chi connectivity index (χ4n) is 2.92. The van der Waals surface area contributed by atoms with Crippen molar-refractivity contribution in [2.75, 3.05) is 25.0 Å². The van der Waals surface area contributed by atoms with Gasteiger partial charge in [0, 0.05) is 47.8 Å².